The average Bonchev–Trinajstić information content (AvgIpc) is 3.18. The molecule has 1 heterocycles. The van der Waals surface area contributed by atoms with E-state index in [1.165, 1.54) is 0 Å². The van der Waals surface area contributed by atoms with Crippen molar-refractivity contribution in [1.29, 1.82) is 0 Å². The SMILES string of the molecule is O=C(NC(c1ccccc1)c1ccccc1)c1ccc(CN2CCCC2=O)cc1. The average molecular weight is 384 g/mol. The van der Waals surface area contributed by atoms with Crippen LogP contribution >= 0.6 is 0 Å². The third kappa shape index (κ3) is 4.54. The molecule has 0 bridgehead atoms. The van der Waals surface area contributed by atoms with Gasteiger partial charge in [0.05, 0.1) is 6.04 Å². The summed E-state index contributed by atoms with van der Waals surface area (Å²) in [5.41, 5.74) is 3.73. The van der Waals surface area contributed by atoms with Gasteiger partial charge in [0.2, 0.25) is 5.91 Å². The molecule has 0 aromatic heterocycles. The molecule has 0 spiro atoms. The predicted molar refractivity (Wildman–Crippen MR) is 113 cm³/mol. The van der Waals surface area contributed by atoms with Crippen molar-refractivity contribution in [2.24, 2.45) is 0 Å². The van der Waals surface area contributed by atoms with Crippen molar-refractivity contribution in [3.8, 4) is 0 Å². The number of rotatable bonds is 6. The maximum absolute atomic E-state index is 12.9. The normalized spacial score (nSPS) is 13.7. The second kappa shape index (κ2) is 8.74. The first-order valence-electron chi connectivity index (χ1n) is 9.98. The second-order valence-corrected chi connectivity index (χ2v) is 7.34. The van der Waals surface area contributed by atoms with Crippen molar-refractivity contribution in [3.63, 3.8) is 0 Å². The Morgan fingerprint density at radius 1 is 0.862 bits per heavy atom. The van der Waals surface area contributed by atoms with E-state index in [0.29, 0.717) is 18.5 Å². The first kappa shape index (κ1) is 18.9. The Labute approximate surface area is 171 Å². The van der Waals surface area contributed by atoms with E-state index >= 15 is 0 Å². The number of benzene rings is 3. The molecule has 0 aliphatic carbocycles. The molecule has 2 amide bonds. The molecule has 0 atom stereocenters. The summed E-state index contributed by atoms with van der Waals surface area (Å²) in [6, 6.07) is 27.2. The molecule has 3 aromatic carbocycles. The Bertz CT molecular complexity index is 929. The van der Waals surface area contributed by atoms with Crippen molar-refractivity contribution in [1.82, 2.24) is 10.2 Å². The molecule has 0 radical (unpaired) electrons. The summed E-state index contributed by atoms with van der Waals surface area (Å²) in [6.45, 7) is 1.42. The summed E-state index contributed by atoms with van der Waals surface area (Å²) < 4.78 is 0. The van der Waals surface area contributed by atoms with Crippen molar-refractivity contribution in [3.05, 3.63) is 107 Å². The lowest BCUT2D eigenvalue weighted by Crippen LogP contribution is -2.29. The van der Waals surface area contributed by atoms with Crippen LogP contribution in [0.3, 0.4) is 0 Å². The van der Waals surface area contributed by atoms with E-state index in [4.69, 9.17) is 0 Å². The van der Waals surface area contributed by atoms with Crippen molar-refractivity contribution >= 4 is 11.8 Å². The monoisotopic (exact) mass is 384 g/mol. The lowest BCUT2D eigenvalue weighted by Gasteiger charge is -2.20. The molecule has 4 heteroatoms. The number of nitrogens with one attached hydrogen (secondary N) is 1. The fourth-order valence-corrected chi connectivity index (χ4v) is 3.72. The second-order valence-electron chi connectivity index (χ2n) is 7.34. The zero-order valence-corrected chi connectivity index (χ0v) is 16.3. The maximum atomic E-state index is 12.9. The van der Waals surface area contributed by atoms with Crippen LogP contribution in [0.15, 0.2) is 84.9 Å². The number of hydrogen-bond acceptors (Lipinski definition) is 2. The van der Waals surface area contributed by atoms with Gasteiger partial charge in [0, 0.05) is 25.1 Å². The lowest BCUT2D eigenvalue weighted by atomic mass is 9.98. The van der Waals surface area contributed by atoms with Crippen LogP contribution in [0.1, 0.15) is 45.9 Å². The molecule has 4 rings (SSSR count). The van der Waals surface area contributed by atoms with Gasteiger partial charge in [-0.3, -0.25) is 9.59 Å². The van der Waals surface area contributed by atoms with Gasteiger partial charge in [0.15, 0.2) is 0 Å². The minimum absolute atomic E-state index is 0.119. The molecule has 3 aromatic rings. The van der Waals surface area contributed by atoms with Gasteiger partial charge in [-0.1, -0.05) is 72.8 Å². The summed E-state index contributed by atoms with van der Waals surface area (Å²) in [5.74, 6) is 0.0897. The number of hydrogen-bond donors (Lipinski definition) is 1. The van der Waals surface area contributed by atoms with Crippen LogP contribution in [0.2, 0.25) is 0 Å². The standard InChI is InChI=1S/C25H24N2O2/c28-23-12-7-17-27(23)18-19-13-15-22(16-14-19)25(29)26-24(20-8-3-1-4-9-20)21-10-5-2-6-11-21/h1-6,8-11,13-16,24H,7,12,17-18H2,(H,26,29). The van der Waals surface area contributed by atoms with Crippen LogP contribution in [0.4, 0.5) is 0 Å². The van der Waals surface area contributed by atoms with Gasteiger partial charge in [0.1, 0.15) is 0 Å². The van der Waals surface area contributed by atoms with E-state index in [-0.39, 0.29) is 17.9 Å². The van der Waals surface area contributed by atoms with E-state index < -0.39 is 0 Å². The first-order chi connectivity index (χ1) is 14.2. The van der Waals surface area contributed by atoms with Gasteiger partial charge in [0.25, 0.3) is 5.91 Å². The summed E-state index contributed by atoms with van der Waals surface area (Å²) in [6.07, 6.45) is 1.57. The molecular formula is C25H24N2O2. The number of carbonyl (C=O) groups excluding carboxylic acids is 2. The molecule has 29 heavy (non-hydrogen) atoms. The molecular weight excluding hydrogens is 360 g/mol. The predicted octanol–water partition coefficient (Wildman–Crippen LogP) is 4.33. The minimum atomic E-state index is -0.216. The Kier molecular flexibility index (Phi) is 5.71. The number of amides is 2. The van der Waals surface area contributed by atoms with Crippen LogP contribution < -0.4 is 5.32 Å². The highest BCUT2D eigenvalue weighted by molar-refractivity contribution is 5.94. The van der Waals surface area contributed by atoms with Crippen LogP contribution in [-0.2, 0) is 11.3 Å². The third-order valence-electron chi connectivity index (χ3n) is 5.30. The number of nitrogens with zero attached hydrogens (tertiary/aromatic N) is 1. The Morgan fingerprint density at radius 2 is 1.45 bits per heavy atom. The van der Waals surface area contributed by atoms with E-state index in [0.717, 1.165) is 29.7 Å². The van der Waals surface area contributed by atoms with E-state index in [9.17, 15) is 9.59 Å². The number of carbonyl (C=O) groups is 2. The zero-order chi connectivity index (χ0) is 20.1. The van der Waals surface area contributed by atoms with Crippen molar-refractivity contribution in [2.75, 3.05) is 6.54 Å². The maximum Gasteiger partial charge on any atom is 0.252 e. The molecule has 0 unspecified atom stereocenters. The minimum Gasteiger partial charge on any atom is -0.341 e. The van der Waals surface area contributed by atoms with Gasteiger partial charge < -0.3 is 10.2 Å². The van der Waals surface area contributed by atoms with Crippen molar-refractivity contribution in [2.45, 2.75) is 25.4 Å². The van der Waals surface area contributed by atoms with E-state index in [2.05, 4.69) is 5.32 Å². The molecule has 0 saturated carbocycles. The topological polar surface area (TPSA) is 49.4 Å². The van der Waals surface area contributed by atoms with Gasteiger partial charge >= 0.3 is 0 Å². The molecule has 1 aliphatic rings. The largest absolute Gasteiger partial charge is 0.341 e. The highest BCUT2D eigenvalue weighted by Gasteiger charge is 2.20. The fourth-order valence-electron chi connectivity index (χ4n) is 3.72. The van der Waals surface area contributed by atoms with Gasteiger partial charge in [-0.05, 0) is 35.2 Å². The summed E-state index contributed by atoms with van der Waals surface area (Å²) in [7, 11) is 0. The van der Waals surface area contributed by atoms with Gasteiger partial charge in [-0.15, -0.1) is 0 Å². The Balaban J connectivity index is 1.49. The van der Waals surface area contributed by atoms with Crippen LogP contribution in [0.25, 0.3) is 0 Å². The quantitative estimate of drug-likeness (QED) is 0.688. The van der Waals surface area contributed by atoms with Gasteiger partial charge in [-0.25, -0.2) is 0 Å². The summed E-state index contributed by atoms with van der Waals surface area (Å²) in [4.78, 5) is 26.6. The molecule has 1 aliphatic heterocycles. The number of likely N-dealkylation sites (tertiary alicyclic amines) is 1. The molecule has 1 fully saturated rings. The van der Waals surface area contributed by atoms with E-state index in [1.54, 1.807) is 0 Å². The Hall–Kier alpha value is -3.40. The van der Waals surface area contributed by atoms with Crippen molar-refractivity contribution < 1.29 is 9.59 Å². The molecule has 1 saturated heterocycles. The highest BCUT2D eigenvalue weighted by Crippen LogP contribution is 2.22. The smallest absolute Gasteiger partial charge is 0.252 e. The molecule has 4 nitrogen and oxygen atoms in total. The summed E-state index contributed by atoms with van der Waals surface area (Å²) >= 11 is 0. The highest BCUT2D eigenvalue weighted by atomic mass is 16.2. The first-order valence-corrected chi connectivity index (χ1v) is 9.98. The van der Waals surface area contributed by atoms with Crippen LogP contribution in [0, 0.1) is 0 Å². The van der Waals surface area contributed by atoms with Crippen LogP contribution in [0.5, 0.6) is 0 Å². The molecule has 146 valence electrons. The Morgan fingerprint density at radius 3 is 1.97 bits per heavy atom. The summed E-state index contributed by atoms with van der Waals surface area (Å²) in [5, 5.41) is 3.16. The zero-order valence-electron chi connectivity index (χ0n) is 16.3. The molecule has 1 N–H and O–H groups in total. The lowest BCUT2D eigenvalue weighted by molar-refractivity contribution is -0.128. The van der Waals surface area contributed by atoms with Crippen LogP contribution in [-0.4, -0.2) is 23.3 Å². The van der Waals surface area contributed by atoms with Gasteiger partial charge in [-0.2, -0.15) is 0 Å². The fraction of sp³-hybridized carbons (Fsp3) is 0.200. The third-order valence-corrected chi connectivity index (χ3v) is 5.30. The van der Waals surface area contributed by atoms with E-state index in [1.807, 2.05) is 89.8 Å².